The fourth-order valence-corrected chi connectivity index (χ4v) is 13.3. The maximum absolute atomic E-state index is 5.51. The van der Waals surface area contributed by atoms with Gasteiger partial charge in [0, 0.05) is 0 Å². The Morgan fingerprint density at radius 1 is 1.04 bits per heavy atom. The van der Waals surface area contributed by atoms with E-state index in [4.69, 9.17) is 4.74 Å². The Bertz CT molecular complexity index is 857. The van der Waals surface area contributed by atoms with Crippen molar-refractivity contribution in [3.05, 3.63) is 80.7 Å². The Labute approximate surface area is 183 Å². The Hall–Kier alpha value is -0.657. The van der Waals surface area contributed by atoms with Crippen molar-refractivity contribution in [1.29, 1.82) is 0 Å². The van der Waals surface area contributed by atoms with Crippen LogP contribution in [-0.2, 0) is 33.1 Å². The van der Waals surface area contributed by atoms with Crippen LogP contribution in [0.3, 0.4) is 0 Å². The van der Waals surface area contributed by atoms with E-state index in [1.54, 1.807) is 21.5 Å². The van der Waals surface area contributed by atoms with E-state index in [1.807, 2.05) is 0 Å². The van der Waals surface area contributed by atoms with E-state index in [0.717, 1.165) is 3.63 Å². The normalized spacial score (nSPS) is 16.3. The molecule has 141 valence electrons. The molecular formula is C23H25Cl2OZr. The molecule has 0 saturated heterocycles. The summed E-state index contributed by atoms with van der Waals surface area (Å²) < 4.78 is 8.70. The number of hydrogen-bond acceptors (Lipinski definition) is 1. The quantitative estimate of drug-likeness (QED) is 0.596. The van der Waals surface area contributed by atoms with Gasteiger partial charge in [-0.3, -0.25) is 0 Å². The van der Waals surface area contributed by atoms with Crippen LogP contribution in [0, 0.1) is 0 Å². The van der Waals surface area contributed by atoms with Crippen LogP contribution >= 0.6 is 0 Å². The van der Waals surface area contributed by atoms with Gasteiger partial charge >= 0.3 is 160 Å². The van der Waals surface area contributed by atoms with Crippen LogP contribution in [-0.4, -0.2) is 7.11 Å². The molecule has 0 bridgehead atoms. The van der Waals surface area contributed by atoms with E-state index >= 15 is 0 Å². The van der Waals surface area contributed by atoms with Crippen LogP contribution in [0.25, 0.3) is 11.1 Å². The molecule has 2 aliphatic carbocycles. The van der Waals surface area contributed by atoms with Gasteiger partial charge in [0.15, 0.2) is 0 Å². The van der Waals surface area contributed by atoms with Crippen molar-refractivity contribution in [3.63, 3.8) is 0 Å². The van der Waals surface area contributed by atoms with Crippen LogP contribution < -0.4 is 24.8 Å². The van der Waals surface area contributed by atoms with Crippen molar-refractivity contribution in [3.8, 4) is 11.1 Å². The topological polar surface area (TPSA) is 9.23 Å². The molecule has 0 N–H and O–H groups in total. The maximum Gasteiger partial charge on any atom is -1.00 e. The molecule has 0 fully saturated rings. The molecular weight excluding hydrogens is 454 g/mol. The third-order valence-electron chi connectivity index (χ3n) is 5.41. The maximum atomic E-state index is 5.51. The van der Waals surface area contributed by atoms with Crippen LogP contribution in [0.15, 0.2) is 64.0 Å². The smallest absolute Gasteiger partial charge is 1.00 e. The Kier molecular flexibility index (Phi) is 8.13. The summed E-state index contributed by atoms with van der Waals surface area (Å²) in [6, 6.07) is 15.9. The molecule has 0 aliphatic heterocycles. The first kappa shape index (κ1) is 22.6. The summed E-state index contributed by atoms with van der Waals surface area (Å²) in [4.78, 5) is 0. The number of halogens is 2. The van der Waals surface area contributed by atoms with E-state index in [2.05, 4.69) is 74.5 Å². The Balaban J connectivity index is 0.00000131. The first-order valence-electron chi connectivity index (χ1n) is 9.15. The van der Waals surface area contributed by atoms with E-state index in [1.165, 1.54) is 23.1 Å². The number of ether oxygens (including phenoxy) is 1. The Morgan fingerprint density at radius 3 is 2.44 bits per heavy atom. The van der Waals surface area contributed by atoms with Crippen molar-refractivity contribution in [2.24, 2.45) is 0 Å². The predicted octanol–water partition coefficient (Wildman–Crippen LogP) is 0.201. The molecule has 0 heterocycles. The van der Waals surface area contributed by atoms with Crippen LogP contribution in [0.5, 0.6) is 0 Å². The molecule has 27 heavy (non-hydrogen) atoms. The van der Waals surface area contributed by atoms with E-state index in [-0.39, 0.29) is 24.8 Å². The third kappa shape index (κ3) is 4.06. The first-order chi connectivity index (χ1) is 12.2. The number of rotatable bonds is 5. The van der Waals surface area contributed by atoms with Crippen molar-refractivity contribution in [2.75, 3.05) is 7.11 Å². The zero-order valence-corrected chi connectivity index (χ0v) is 20.0. The zero-order valence-electron chi connectivity index (χ0n) is 16.0. The van der Waals surface area contributed by atoms with Gasteiger partial charge in [-0.05, 0) is 0 Å². The average molecular weight is 480 g/mol. The van der Waals surface area contributed by atoms with Gasteiger partial charge in [-0.15, -0.1) is 0 Å². The molecule has 4 rings (SSSR count). The second kappa shape index (κ2) is 9.70. The summed E-state index contributed by atoms with van der Waals surface area (Å²) in [6.07, 6.45) is 8.20. The predicted molar refractivity (Wildman–Crippen MR) is 101 cm³/mol. The van der Waals surface area contributed by atoms with Crippen LogP contribution in [0.1, 0.15) is 40.6 Å². The molecule has 0 spiro atoms. The SMILES string of the molecule is COCc1cccc2c1-c1ccccc1[CH]2[Zr+2]([C]1=CC=CC1)[CH](C)C.[Cl-].[Cl-]. The van der Waals surface area contributed by atoms with E-state index in [0.29, 0.717) is 10.2 Å². The molecule has 1 unspecified atom stereocenters. The zero-order chi connectivity index (χ0) is 17.4. The minimum Gasteiger partial charge on any atom is -1.00 e. The second-order valence-corrected chi connectivity index (χ2v) is 15.3. The summed E-state index contributed by atoms with van der Waals surface area (Å²) in [5.41, 5.74) is 7.36. The molecule has 2 aliphatic rings. The van der Waals surface area contributed by atoms with Crippen molar-refractivity contribution >= 4 is 0 Å². The van der Waals surface area contributed by atoms with Crippen molar-refractivity contribution in [2.45, 2.75) is 34.1 Å². The average Bonchev–Trinajstić information content (AvgIpc) is 3.24. The minimum atomic E-state index is -1.88. The summed E-state index contributed by atoms with van der Waals surface area (Å²) in [7, 11) is 1.79. The molecule has 4 heteroatoms. The molecule has 0 saturated carbocycles. The second-order valence-electron chi connectivity index (χ2n) is 7.27. The minimum absolute atomic E-state index is 0. The molecule has 0 amide bonds. The van der Waals surface area contributed by atoms with Gasteiger partial charge in [0.05, 0.1) is 0 Å². The van der Waals surface area contributed by atoms with Gasteiger partial charge in [-0.25, -0.2) is 0 Å². The van der Waals surface area contributed by atoms with Gasteiger partial charge in [0.1, 0.15) is 0 Å². The standard InChI is InChI=1S/C15H13O.C5H5.C3H7.2ClH.Zr/c1-16-10-13-7-4-6-12-9-11-5-2-3-8-14(11)15(12)13;1-2-4-5-3-1;1-3-2;;;/h2-9H,10H2,1H3;1-3H,4H2;3H,1-2H3;2*1H;/q;;;;;+2/p-2. The van der Waals surface area contributed by atoms with E-state index < -0.39 is 21.8 Å². The molecule has 0 aromatic heterocycles. The van der Waals surface area contributed by atoms with Crippen molar-refractivity contribution in [1.82, 2.24) is 0 Å². The number of hydrogen-bond donors (Lipinski definition) is 0. The molecule has 2 aromatic carbocycles. The number of benzene rings is 2. The fourth-order valence-electron chi connectivity index (χ4n) is 4.49. The van der Waals surface area contributed by atoms with Gasteiger partial charge in [-0.2, -0.15) is 0 Å². The Morgan fingerprint density at radius 2 is 1.78 bits per heavy atom. The van der Waals surface area contributed by atoms with Gasteiger partial charge < -0.3 is 24.8 Å². The van der Waals surface area contributed by atoms with Crippen LogP contribution in [0.4, 0.5) is 0 Å². The first-order valence-corrected chi connectivity index (χ1v) is 13.2. The number of allylic oxidation sites excluding steroid dienone is 4. The summed E-state index contributed by atoms with van der Waals surface area (Å²) in [5.74, 6) is 0. The van der Waals surface area contributed by atoms with E-state index in [9.17, 15) is 0 Å². The molecule has 1 atom stereocenters. The van der Waals surface area contributed by atoms with Gasteiger partial charge in [-0.1, -0.05) is 0 Å². The molecule has 0 radical (unpaired) electrons. The summed E-state index contributed by atoms with van der Waals surface area (Å²) in [6.45, 7) is 5.59. The summed E-state index contributed by atoms with van der Waals surface area (Å²) in [5, 5.41) is 0. The molecule has 2 aromatic rings. The molecule has 1 nitrogen and oxygen atoms in total. The number of methoxy groups -OCH3 is 1. The monoisotopic (exact) mass is 477 g/mol. The van der Waals surface area contributed by atoms with Gasteiger partial charge in [0.2, 0.25) is 0 Å². The largest absolute Gasteiger partial charge is 1.00 e. The van der Waals surface area contributed by atoms with Crippen LogP contribution in [0.2, 0.25) is 3.63 Å². The fraction of sp³-hybridized carbons (Fsp3) is 0.304. The van der Waals surface area contributed by atoms with Crippen molar-refractivity contribution < 1.29 is 51.3 Å². The third-order valence-corrected chi connectivity index (χ3v) is 14.3. The van der Waals surface area contributed by atoms with Gasteiger partial charge in [0.25, 0.3) is 0 Å². The summed E-state index contributed by atoms with van der Waals surface area (Å²) >= 11 is -1.88. The number of fused-ring (bicyclic) bond motifs is 3.